The lowest BCUT2D eigenvalue weighted by atomic mass is 10.1. The molecule has 0 spiro atoms. The van der Waals surface area contributed by atoms with Crippen molar-refractivity contribution in [3.63, 3.8) is 0 Å². The van der Waals surface area contributed by atoms with Gasteiger partial charge in [0.2, 0.25) is 0 Å². The number of nitrogens with one attached hydrogen (secondary N) is 1. The largest absolute Gasteiger partial charge is 0.312 e. The van der Waals surface area contributed by atoms with Crippen molar-refractivity contribution in [3.8, 4) is 0 Å². The molecule has 0 saturated heterocycles. The van der Waals surface area contributed by atoms with E-state index in [-0.39, 0.29) is 0 Å². The molecule has 14 heavy (non-hydrogen) atoms. The number of nitrogens with zero attached hydrogens (tertiary/aromatic N) is 1. The number of hydrogen-bond donors (Lipinski definition) is 1. The van der Waals surface area contributed by atoms with Crippen LogP contribution in [0.25, 0.3) is 0 Å². The van der Waals surface area contributed by atoms with E-state index in [0.717, 1.165) is 17.2 Å². The quantitative estimate of drug-likeness (QED) is 0.808. The fourth-order valence-electron chi connectivity index (χ4n) is 1.27. The molecule has 0 fully saturated rings. The summed E-state index contributed by atoms with van der Waals surface area (Å²) in [4.78, 5) is 4.31. The molecule has 1 heterocycles. The fraction of sp³-hybridized carbons (Fsp3) is 0.545. The third kappa shape index (κ3) is 3.31. The standard InChI is InChI=1S/C11H18N2S/c1-4-14-8-11(12-3)10-6-5-9(2)13-7-10/h5-7,11-12H,4,8H2,1-3H3. The highest BCUT2D eigenvalue weighted by Gasteiger charge is 2.08. The summed E-state index contributed by atoms with van der Waals surface area (Å²) in [7, 11) is 2.00. The smallest absolute Gasteiger partial charge is 0.0424 e. The molecular weight excluding hydrogens is 192 g/mol. The van der Waals surface area contributed by atoms with Gasteiger partial charge in [0.05, 0.1) is 0 Å². The van der Waals surface area contributed by atoms with Gasteiger partial charge in [0.15, 0.2) is 0 Å². The van der Waals surface area contributed by atoms with Gasteiger partial charge in [-0.1, -0.05) is 13.0 Å². The van der Waals surface area contributed by atoms with Crippen LogP contribution >= 0.6 is 11.8 Å². The Labute approximate surface area is 90.5 Å². The van der Waals surface area contributed by atoms with E-state index in [1.807, 2.05) is 31.9 Å². The molecule has 1 N–H and O–H groups in total. The number of thioether (sulfide) groups is 1. The molecule has 0 radical (unpaired) electrons. The van der Waals surface area contributed by atoms with Crippen LogP contribution in [0.2, 0.25) is 0 Å². The molecule has 3 heteroatoms. The van der Waals surface area contributed by atoms with E-state index in [1.165, 1.54) is 5.56 Å². The zero-order valence-corrected chi connectivity index (χ0v) is 9.90. The molecule has 1 aromatic heterocycles. The first kappa shape index (κ1) is 11.5. The van der Waals surface area contributed by atoms with Crippen molar-refractivity contribution in [2.24, 2.45) is 0 Å². The van der Waals surface area contributed by atoms with E-state index < -0.39 is 0 Å². The topological polar surface area (TPSA) is 24.9 Å². The molecule has 0 bridgehead atoms. The van der Waals surface area contributed by atoms with E-state index in [2.05, 4.69) is 29.4 Å². The monoisotopic (exact) mass is 210 g/mol. The Kier molecular flexibility index (Phi) is 4.98. The molecular formula is C11H18N2S. The molecule has 1 unspecified atom stereocenters. The van der Waals surface area contributed by atoms with Crippen molar-refractivity contribution < 1.29 is 0 Å². The van der Waals surface area contributed by atoms with Crippen LogP contribution in [0.1, 0.15) is 24.2 Å². The number of pyridine rings is 1. The predicted octanol–water partition coefficient (Wildman–Crippen LogP) is 2.40. The Morgan fingerprint density at radius 2 is 2.29 bits per heavy atom. The Morgan fingerprint density at radius 1 is 1.50 bits per heavy atom. The molecule has 0 aliphatic heterocycles. The van der Waals surface area contributed by atoms with Gasteiger partial charge in [0, 0.05) is 23.7 Å². The highest BCUT2D eigenvalue weighted by molar-refractivity contribution is 7.99. The Morgan fingerprint density at radius 3 is 2.79 bits per heavy atom. The van der Waals surface area contributed by atoms with Crippen LogP contribution in [0.3, 0.4) is 0 Å². The predicted molar refractivity (Wildman–Crippen MR) is 63.8 cm³/mol. The third-order valence-electron chi connectivity index (χ3n) is 2.17. The number of hydrogen-bond acceptors (Lipinski definition) is 3. The zero-order chi connectivity index (χ0) is 10.4. The van der Waals surface area contributed by atoms with Gasteiger partial charge in [0.1, 0.15) is 0 Å². The van der Waals surface area contributed by atoms with Gasteiger partial charge in [-0.25, -0.2) is 0 Å². The summed E-state index contributed by atoms with van der Waals surface area (Å²) in [5, 5.41) is 3.31. The second kappa shape index (κ2) is 6.04. The minimum atomic E-state index is 0.424. The summed E-state index contributed by atoms with van der Waals surface area (Å²) in [6, 6.07) is 4.64. The first-order valence-corrected chi connectivity index (χ1v) is 6.11. The van der Waals surface area contributed by atoms with Crippen molar-refractivity contribution in [2.75, 3.05) is 18.6 Å². The average molecular weight is 210 g/mol. The van der Waals surface area contributed by atoms with E-state index >= 15 is 0 Å². The van der Waals surface area contributed by atoms with Crippen LogP contribution in [0.4, 0.5) is 0 Å². The first-order valence-electron chi connectivity index (χ1n) is 4.95. The average Bonchev–Trinajstić information content (AvgIpc) is 2.21. The molecule has 0 aliphatic rings. The van der Waals surface area contributed by atoms with Gasteiger partial charge in [0.25, 0.3) is 0 Å². The molecule has 0 amide bonds. The molecule has 78 valence electrons. The van der Waals surface area contributed by atoms with Crippen LogP contribution in [-0.2, 0) is 0 Å². The minimum Gasteiger partial charge on any atom is -0.312 e. The third-order valence-corrected chi connectivity index (χ3v) is 3.15. The Balaban J connectivity index is 2.64. The van der Waals surface area contributed by atoms with E-state index in [0.29, 0.717) is 6.04 Å². The summed E-state index contributed by atoms with van der Waals surface area (Å²) in [5.41, 5.74) is 2.35. The fourth-order valence-corrected chi connectivity index (χ4v) is 2.10. The normalized spacial score (nSPS) is 12.8. The van der Waals surface area contributed by atoms with Gasteiger partial charge in [-0.3, -0.25) is 4.98 Å². The van der Waals surface area contributed by atoms with Crippen LogP contribution in [0.15, 0.2) is 18.3 Å². The summed E-state index contributed by atoms with van der Waals surface area (Å²) in [5.74, 6) is 2.27. The van der Waals surface area contributed by atoms with Crippen molar-refractivity contribution in [3.05, 3.63) is 29.6 Å². The Bertz CT molecular complexity index is 258. The summed E-state index contributed by atoms with van der Waals surface area (Å²) < 4.78 is 0. The lowest BCUT2D eigenvalue weighted by molar-refractivity contribution is 0.658. The van der Waals surface area contributed by atoms with E-state index in [4.69, 9.17) is 0 Å². The van der Waals surface area contributed by atoms with Crippen LogP contribution in [0.5, 0.6) is 0 Å². The molecule has 1 aromatic rings. The molecule has 1 atom stereocenters. The molecule has 0 saturated carbocycles. The van der Waals surface area contributed by atoms with Crippen molar-refractivity contribution >= 4 is 11.8 Å². The summed E-state index contributed by atoms with van der Waals surface area (Å²) >= 11 is 1.95. The molecule has 0 aliphatic carbocycles. The zero-order valence-electron chi connectivity index (χ0n) is 9.08. The van der Waals surface area contributed by atoms with Gasteiger partial charge in [-0.05, 0) is 31.4 Å². The molecule has 0 aromatic carbocycles. The second-order valence-electron chi connectivity index (χ2n) is 3.23. The highest BCUT2D eigenvalue weighted by Crippen LogP contribution is 2.17. The van der Waals surface area contributed by atoms with E-state index in [9.17, 15) is 0 Å². The maximum absolute atomic E-state index is 4.31. The number of aromatic nitrogens is 1. The first-order chi connectivity index (χ1) is 6.77. The SMILES string of the molecule is CCSCC(NC)c1ccc(C)nc1. The minimum absolute atomic E-state index is 0.424. The maximum Gasteiger partial charge on any atom is 0.0424 e. The van der Waals surface area contributed by atoms with Gasteiger partial charge >= 0.3 is 0 Å². The van der Waals surface area contributed by atoms with E-state index in [1.54, 1.807) is 0 Å². The molecule has 1 rings (SSSR count). The summed E-state index contributed by atoms with van der Waals surface area (Å²) in [6.45, 7) is 4.20. The number of aryl methyl sites for hydroxylation is 1. The Hall–Kier alpha value is -0.540. The second-order valence-corrected chi connectivity index (χ2v) is 4.55. The van der Waals surface area contributed by atoms with Gasteiger partial charge in [-0.15, -0.1) is 0 Å². The molecule has 2 nitrogen and oxygen atoms in total. The van der Waals surface area contributed by atoms with Crippen LogP contribution < -0.4 is 5.32 Å². The van der Waals surface area contributed by atoms with Gasteiger partial charge < -0.3 is 5.32 Å². The maximum atomic E-state index is 4.31. The summed E-state index contributed by atoms with van der Waals surface area (Å²) in [6.07, 6.45) is 1.96. The lowest BCUT2D eigenvalue weighted by Crippen LogP contribution is -2.19. The number of rotatable bonds is 5. The van der Waals surface area contributed by atoms with Gasteiger partial charge in [-0.2, -0.15) is 11.8 Å². The highest BCUT2D eigenvalue weighted by atomic mass is 32.2. The van der Waals surface area contributed by atoms with Crippen LogP contribution in [-0.4, -0.2) is 23.5 Å². The lowest BCUT2D eigenvalue weighted by Gasteiger charge is -2.15. The van der Waals surface area contributed by atoms with Crippen LogP contribution in [0, 0.1) is 6.92 Å². The van der Waals surface area contributed by atoms with Crippen molar-refractivity contribution in [2.45, 2.75) is 19.9 Å². The van der Waals surface area contributed by atoms with Crippen molar-refractivity contribution in [1.82, 2.24) is 10.3 Å². The van der Waals surface area contributed by atoms with Crippen molar-refractivity contribution in [1.29, 1.82) is 0 Å².